The van der Waals surface area contributed by atoms with E-state index < -0.39 is 10.0 Å². The molecule has 0 fully saturated rings. The lowest BCUT2D eigenvalue weighted by atomic mass is 10.1. The topological polar surface area (TPSA) is 42.3 Å². The summed E-state index contributed by atoms with van der Waals surface area (Å²) in [5.41, 5.74) is 4.79. The third kappa shape index (κ3) is 2.25. The Kier molecular flexibility index (Phi) is 3.39. The van der Waals surface area contributed by atoms with Crippen LogP contribution in [0.4, 0.5) is 0 Å². The molecule has 122 valence electrons. The van der Waals surface area contributed by atoms with Crippen LogP contribution in [0.3, 0.4) is 0 Å². The van der Waals surface area contributed by atoms with Gasteiger partial charge in [0.15, 0.2) is 0 Å². The van der Waals surface area contributed by atoms with Gasteiger partial charge in [-0.15, -0.1) is 0 Å². The van der Waals surface area contributed by atoms with E-state index >= 15 is 0 Å². The highest BCUT2D eigenvalue weighted by atomic mass is 32.2. The zero-order valence-electron chi connectivity index (χ0n) is 13.6. The van der Waals surface area contributed by atoms with Crippen molar-refractivity contribution in [3.63, 3.8) is 0 Å². The standard InChI is InChI=1S/C18H22N2O2S/c1-13-6-9-18-14(2)20(11-10-19(13)18)23(21,22)17-8-7-15-4-3-5-16(15)12-17/h6-9,12,14H,3-5,10-11H2,1-2H3/t14-/m1/s1. The van der Waals surface area contributed by atoms with E-state index in [1.54, 1.807) is 10.4 Å². The van der Waals surface area contributed by atoms with Gasteiger partial charge in [-0.05, 0) is 68.5 Å². The van der Waals surface area contributed by atoms with Gasteiger partial charge in [0.25, 0.3) is 0 Å². The number of sulfonamides is 1. The fraction of sp³-hybridized carbons (Fsp3) is 0.444. The highest BCUT2D eigenvalue weighted by Gasteiger charge is 2.34. The summed E-state index contributed by atoms with van der Waals surface area (Å²) in [7, 11) is -3.45. The average Bonchev–Trinajstić information content (AvgIpc) is 3.14. The summed E-state index contributed by atoms with van der Waals surface area (Å²) in [4.78, 5) is 0.446. The lowest BCUT2D eigenvalue weighted by molar-refractivity contribution is 0.280. The number of fused-ring (bicyclic) bond motifs is 2. The summed E-state index contributed by atoms with van der Waals surface area (Å²) in [6.45, 7) is 5.31. The van der Waals surface area contributed by atoms with Crippen molar-refractivity contribution in [2.24, 2.45) is 0 Å². The molecule has 0 bridgehead atoms. The molecule has 23 heavy (non-hydrogen) atoms. The molecule has 5 heteroatoms. The number of benzene rings is 1. The summed E-state index contributed by atoms with van der Waals surface area (Å²) in [5.74, 6) is 0. The van der Waals surface area contributed by atoms with Crippen LogP contribution in [0.15, 0.2) is 35.2 Å². The molecule has 0 saturated heterocycles. The van der Waals surface area contributed by atoms with Gasteiger partial charge in [0.1, 0.15) is 0 Å². The second-order valence-electron chi connectivity index (χ2n) is 6.63. The van der Waals surface area contributed by atoms with Gasteiger partial charge in [0, 0.05) is 24.5 Å². The van der Waals surface area contributed by atoms with Crippen LogP contribution < -0.4 is 0 Å². The molecule has 1 aromatic heterocycles. The Bertz CT molecular complexity index is 867. The van der Waals surface area contributed by atoms with E-state index in [9.17, 15) is 8.42 Å². The molecule has 2 aliphatic rings. The molecule has 1 aliphatic carbocycles. The van der Waals surface area contributed by atoms with Gasteiger partial charge in [0.05, 0.1) is 10.9 Å². The van der Waals surface area contributed by atoms with Crippen molar-refractivity contribution >= 4 is 10.0 Å². The summed E-state index contributed by atoms with van der Waals surface area (Å²) in [6.07, 6.45) is 3.20. The lowest BCUT2D eigenvalue weighted by Gasteiger charge is -2.34. The quantitative estimate of drug-likeness (QED) is 0.849. The van der Waals surface area contributed by atoms with Crippen LogP contribution in [0.2, 0.25) is 0 Å². The normalized spacial score (nSPS) is 21.2. The Balaban J connectivity index is 1.72. The largest absolute Gasteiger partial charge is 0.346 e. The minimum absolute atomic E-state index is 0.129. The Morgan fingerprint density at radius 3 is 2.65 bits per heavy atom. The maximum absolute atomic E-state index is 13.1. The van der Waals surface area contributed by atoms with Crippen molar-refractivity contribution < 1.29 is 8.42 Å². The maximum Gasteiger partial charge on any atom is 0.243 e. The fourth-order valence-corrected chi connectivity index (χ4v) is 5.62. The number of rotatable bonds is 2. The van der Waals surface area contributed by atoms with Gasteiger partial charge in [-0.2, -0.15) is 4.31 Å². The molecule has 2 aromatic rings. The molecule has 0 N–H and O–H groups in total. The molecular formula is C18H22N2O2S. The van der Waals surface area contributed by atoms with Crippen LogP contribution in [0.1, 0.15) is 41.9 Å². The highest BCUT2D eigenvalue weighted by Crippen LogP contribution is 2.33. The summed E-state index contributed by atoms with van der Waals surface area (Å²) < 4.78 is 30.1. The van der Waals surface area contributed by atoms with Crippen LogP contribution >= 0.6 is 0 Å². The third-order valence-corrected chi connectivity index (χ3v) is 7.28. The average molecular weight is 330 g/mol. The van der Waals surface area contributed by atoms with Crippen molar-refractivity contribution in [3.8, 4) is 0 Å². The molecule has 0 amide bonds. The van der Waals surface area contributed by atoms with Crippen LogP contribution in [-0.4, -0.2) is 23.8 Å². The minimum Gasteiger partial charge on any atom is -0.346 e. The lowest BCUT2D eigenvalue weighted by Crippen LogP contribution is -2.41. The molecule has 0 unspecified atom stereocenters. The van der Waals surface area contributed by atoms with Crippen molar-refractivity contribution in [2.75, 3.05) is 6.54 Å². The first-order valence-corrected chi connectivity index (χ1v) is 9.72. The van der Waals surface area contributed by atoms with Crippen LogP contribution in [0.25, 0.3) is 0 Å². The second kappa shape index (κ2) is 5.21. The second-order valence-corrected chi connectivity index (χ2v) is 8.52. The Morgan fingerprint density at radius 2 is 1.83 bits per heavy atom. The molecular weight excluding hydrogens is 308 g/mol. The highest BCUT2D eigenvalue weighted by molar-refractivity contribution is 7.89. The van der Waals surface area contributed by atoms with E-state index in [4.69, 9.17) is 0 Å². The van der Waals surface area contributed by atoms with Gasteiger partial charge in [0.2, 0.25) is 10.0 Å². The molecule has 1 aliphatic heterocycles. The summed E-state index contributed by atoms with van der Waals surface area (Å²) >= 11 is 0. The number of hydrogen-bond donors (Lipinski definition) is 0. The van der Waals surface area contributed by atoms with Crippen molar-refractivity contribution in [3.05, 3.63) is 52.8 Å². The molecule has 2 heterocycles. The van der Waals surface area contributed by atoms with Gasteiger partial charge in [-0.25, -0.2) is 8.42 Å². The van der Waals surface area contributed by atoms with E-state index in [2.05, 4.69) is 17.6 Å². The van der Waals surface area contributed by atoms with Crippen LogP contribution in [0.5, 0.6) is 0 Å². The molecule has 0 saturated carbocycles. The first kappa shape index (κ1) is 15.0. The van der Waals surface area contributed by atoms with Crippen LogP contribution in [-0.2, 0) is 29.4 Å². The number of aryl methyl sites for hydroxylation is 3. The van der Waals surface area contributed by atoms with E-state index in [-0.39, 0.29) is 6.04 Å². The molecule has 1 aromatic carbocycles. The molecule has 1 atom stereocenters. The fourth-order valence-electron chi connectivity index (χ4n) is 3.97. The van der Waals surface area contributed by atoms with E-state index in [0.29, 0.717) is 11.4 Å². The zero-order valence-corrected chi connectivity index (χ0v) is 14.4. The van der Waals surface area contributed by atoms with Crippen molar-refractivity contribution in [1.29, 1.82) is 0 Å². The smallest absolute Gasteiger partial charge is 0.243 e. The first-order valence-electron chi connectivity index (χ1n) is 8.28. The van der Waals surface area contributed by atoms with Crippen LogP contribution in [0, 0.1) is 6.92 Å². The summed E-state index contributed by atoms with van der Waals surface area (Å²) in [5, 5.41) is 0. The predicted octanol–water partition coefficient (Wildman–Crippen LogP) is 3.05. The Hall–Kier alpha value is -1.59. The molecule has 0 radical (unpaired) electrons. The van der Waals surface area contributed by atoms with Crippen molar-refractivity contribution in [2.45, 2.75) is 50.6 Å². The number of aromatic nitrogens is 1. The maximum atomic E-state index is 13.1. The zero-order chi connectivity index (χ0) is 16.2. The van der Waals surface area contributed by atoms with Gasteiger partial charge in [-0.1, -0.05) is 6.07 Å². The molecule has 4 nitrogen and oxygen atoms in total. The monoisotopic (exact) mass is 330 g/mol. The molecule has 0 spiro atoms. The van der Waals surface area contributed by atoms with Gasteiger partial charge < -0.3 is 4.57 Å². The first-order chi connectivity index (χ1) is 11.0. The number of hydrogen-bond acceptors (Lipinski definition) is 2. The van der Waals surface area contributed by atoms with Crippen molar-refractivity contribution in [1.82, 2.24) is 8.87 Å². The van der Waals surface area contributed by atoms with Gasteiger partial charge >= 0.3 is 0 Å². The SMILES string of the molecule is Cc1ccc2n1CCN(S(=O)(=O)c1ccc3c(c1)CCC3)[C@@H]2C. The Morgan fingerprint density at radius 1 is 1.04 bits per heavy atom. The van der Waals surface area contributed by atoms with E-state index in [1.165, 1.54) is 16.8 Å². The van der Waals surface area contributed by atoms with Gasteiger partial charge in [-0.3, -0.25) is 0 Å². The minimum atomic E-state index is -3.45. The van der Waals surface area contributed by atoms with E-state index in [0.717, 1.165) is 31.5 Å². The predicted molar refractivity (Wildman–Crippen MR) is 89.9 cm³/mol. The third-order valence-electron chi connectivity index (χ3n) is 5.31. The Labute approximate surface area is 137 Å². The molecule has 4 rings (SSSR count). The number of nitrogens with zero attached hydrogens (tertiary/aromatic N) is 2. The van der Waals surface area contributed by atoms with E-state index in [1.807, 2.05) is 25.1 Å². The summed E-state index contributed by atoms with van der Waals surface area (Å²) in [6, 6.07) is 9.66.